The molecule has 2 N–H and O–H groups in total. The van der Waals surface area contributed by atoms with Gasteiger partial charge in [-0.1, -0.05) is 30.4 Å². The molecule has 0 saturated carbocycles. The fraction of sp³-hybridized carbons (Fsp3) is 0.400. The summed E-state index contributed by atoms with van der Waals surface area (Å²) in [6.07, 6.45) is 0.691. The normalized spacial score (nSPS) is 12.0. The molecule has 1 atom stereocenters. The Morgan fingerprint density at radius 1 is 1.29 bits per heavy atom. The van der Waals surface area contributed by atoms with Crippen molar-refractivity contribution < 1.29 is 4.79 Å². The van der Waals surface area contributed by atoms with Crippen LogP contribution in [0.2, 0.25) is 0 Å². The van der Waals surface area contributed by atoms with Gasteiger partial charge in [0.25, 0.3) is 0 Å². The summed E-state index contributed by atoms with van der Waals surface area (Å²) in [5, 5.41) is 15.3. The third-order valence-electron chi connectivity index (χ3n) is 3.42. The summed E-state index contributed by atoms with van der Waals surface area (Å²) in [5.41, 5.74) is 3.36. The average molecular weight is 304 g/mol. The van der Waals surface area contributed by atoms with Crippen LogP contribution in [-0.2, 0) is 4.79 Å². The van der Waals surface area contributed by atoms with E-state index in [1.807, 2.05) is 26.0 Å². The van der Waals surface area contributed by atoms with Gasteiger partial charge in [-0.25, -0.2) is 0 Å². The Bertz CT molecular complexity index is 638. The summed E-state index contributed by atoms with van der Waals surface area (Å²) in [7, 11) is 0. The zero-order chi connectivity index (χ0) is 15.4. The topological polar surface area (TPSA) is 66.9 Å². The summed E-state index contributed by atoms with van der Waals surface area (Å²) in [6.45, 7) is 7.95. The lowest BCUT2D eigenvalue weighted by atomic mass is 10.1. The van der Waals surface area contributed by atoms with E-state index in [4.69, 9.17) is 0 Å². The van der Waals surface area contributed by atoms with Crippen molar-refractivity contribution in [1.82, 2.24) is 10.2 Å². The van der Waals surface area contributed by atoms with Crippen LogP contribution in [0.25, 0.3) is 0 Å². The van der Waals surface area contributed by atoms with Crippen molar-refractivity contribution >= 4 is 28.1 Å². The fourth-order valence-corrected chi connectivity index (χ4v) is 2.58. The first-order valence-corrected chi connectivity index (χ1v) is 7.76. The third-order valence-corrected chi connectivity index (χ3v) is 4.17. The second-order valence-electron chi connectivity index (χ2n) is 4.97. The zero-order valence-electron chi connectivity index (χ0n) is 12.7. The lowest BCUT2D eigenvalue weighted by molar-refractivity contribution is -0.117. The van der Waals surface area contributed by atoms with Crippen molar-refractivity contribution in [2.45, 2.75) is 40.2 Å². The first kappa shape index (κ1) is 15.4. The molecule has 0 unspecified atom stereocenters. The van der Waals surface area contributed by atoms with Gasteiger partial charge in [0.2, 0.25) is 11.0 Å². The minimum atomic E-state index is -0.297. The number of rotatable bonds is 5. The highest BCUT2D eigenvalue weighted by atomic mass is 32.1. The van der Waals surface area contributed by atoms with E-state index in [1.54, 1.807) is 0 Å². The van der Waals surface area contributed by atoms with E-state index in [1.165, 1.54) is 16.9 Å². The summed E-state index contributed by atoms with van der Waals surface area (Å²) >= 11 is 1.37. The van der Waals surface area contributed by atoms with Crippen LogP contribution in [-0.4, -0.2) is 22.1 Å². The quantitative estimate of drug-likeness (QED) is 0.889. The second kappa shape index (κ2) is 6.67. The third kappa shape index (κ3) is 3.78. The molecule has 0 fully saturated rings. The highest BCUT2D eigenvalue weighted by Crippen LogP contribution is 2.20. The van der Waals surface area contributed by atoms with Crippen LogP contribution >= 0.6 is 11.3 Å². The standard InChI is InChI=1S/C15H20N4OS/c1-5-12(14(20)17-15-19-18-11(4)21-15)16-13-8-6-7-9(2)10(13)3/h6-8,12,16H,5H2,1-4H3,(H,17,19,20)/t12-/m1/s1. The van der Waals surface area contributed by atoms with Gasteiger partial charge < -0.3 is 5.32 Å². The van der Waals surface area contributed by atoms with E-state index < -0.39 is 0 Å². The maximum absolute atomic E-state index is 12.3. The van der Waals surface area contributed by atoms with Gasteiger partial charge in [0.1, 0.15) is 11.0 Å². The maximum Gasteiger partial charge on any atom is 0.248 e. The number of benzene rings is 1. The average Bonchev–Trinajstić information content (AvgIpc) is 2.85. The molecule has 1 aromatic heterocycles. The predicted octanol–water partition coefficient (Wildman–Crippen LogP) is 3.29. The van der Waals surface area contributed by atoms with Crippen molar-refractivity contribution in [3.8, 4) is 0 Å². The lowest BCUT2D eigenvalue weighted by Crippen LogP contribution is -2.34. The smallest absolute Gasteiger partial charge is 0.248 e. The van der Waals surface area contributed by atoms with E-state index in [0.717, 1.165) is 16.3 Å². The molecule has 0 aliphatic rings. The van der Waals surface area contributed by atoms with E-state index in [0.29, 0.717) is 11.6 Å². The summed E-state index contributed by atoms with van der Waals surface area (Å²) in [5.74, 6) is -0.0884. The number of nitrogens with one attached hydrogen (secondary N) is 2. The molecular weight excluding hydrogens is 284 g/mol. The largest absolute Gasteiger partial charge is 0.373 e. The molecule has 0 saturated heterocycles. The number of aromatic nitrogens is 2. The van der Waals surface area contributed by atoms with Gasteiger partial charge in [-0.3, -0.25) is 10.1 Å². The van der Waals surface area contributed by atoms with Crippen LogP contribution < -0.4 is 10.6 Å². The minimum absolute atomic E-state index is 0.0884. The van der Waals surface area contributed by atoms with Crippen LogP contribution in [0.3, 0.4) is 0 Å². The number of carbonyl (C=O) groups excluding carboxylic acids is 1. The molecule has 1 heterocycles. The lowest BCUT2D eigenvalue weighted by Gasteiger charge is -2.19. The van der Waals surface area contributed by atoms with Gasteiger partial charge in [-0.15, -0.1) is 10.2 Å². The van der Waals surface area contributed by atoms with Gasteiger partial charge in [0.15, 0.2) is 0 Å². The van der Waals surface area contributed by atoms with Crippen LogP contribution in [0.4, 0.5) is 10.8 Å². The molecule has 0 aliphatic carbocycles. The van der Waals surface area contributed by atoms with Gasteiger partial charge >= 0.3 is 0 Å². The second-order valence-corrected chi connectivity index (χ2v) is 6.15. The highest BCUT2D eigenvalue weighted by molar-refractivity contribution is 7.15. The molecule has 1 aromatic carbocycles. The van der Waals surface area contributed by atoms with Crippen molar-refractivity contribution in [3.63, 3.8) is 0 Å². The molecule has 112 valence electrons. The van der Waals surface area contributed by atoms with Gasteiger partial charge in [-0.05, 0) is 44.4 Å². The Morgan fingerprint density at radius 2 is 2.05 bits per heavy atom. The van der Waals surface area contributed by atoms with E-state index in [-0.39, 0.29) is 11.9 Å². The predicted molar refractivity (Wildman–Crippen MR) is 86.9 cm³/mol. The number of hydrogen-bond acceptors (Lipinski definition) is 5. The number of anilines is 2. The monoisotopic (exact) mass is 304 g/mol. The fourth-order valence-electron chi connectivity index (χ4n) is 1.99. The SMILES string of the molecule is CC[C@@H](Nc1cccc(C)c1C)C(=O)Nc1nnc(C)s1. The Balaban J connectivity index is 2.08. The van der Waals surface area contributed by atoms with Crippen molar-refractivity contribution in [2.75, 3.05) is 10.6 Å². The molecule has 0 spiro atoms. The maximum atomic E-state index is 12.3. The van der Waals surface area contributed by atoms with E-state index >= 15 is 0 Å². The van der Waals surface area contributed by atoms with E-state index in [2.05, 4.69) is 40.7 Å². The molecule has 0 aliphatic heterocycles. The first-order valence-electron chi connectivity index (χ1n) is 6.95. The van der Waals surface area contributed by atoms with Gasteiger partial charge in [-0.2, -0.15) is 0 Å². The molecule has 2 rings (SSSR count). The highest BCUT2D eigenvalue weighted by Gasteiger charge is 2.18. The Morgan fingerprint density at radius 3 is 2.67 bits per heavy atom. The van der Waals surface area contributed by atoms with Gasteiger partial charge in [0, 0.05) is 5.69 Å². The minimum Gasteiger partial charge on any atom is -0.373 e. The van der Waals surface area contributed by atoms with Crippen LogP contribution in [0, 0.1) is 20.8 Å². The molecule has 2 aromatic rings. The Hall–Kier alpha value is -1.95. The summed E-state index contributed by atoms with van der Waals surface area (Å²) in [6, 6.07) is 5.75. The van der Waals surface area contributed by atoms with Crippen LogP contribution in [0.5, 0.6) is 0 Å². The molecular formula is C15H20N4OS. The number of aryl methyl sites for hydroxylation is 2. The number of nitrogens with zero attached hydrogens (tertiary/aromatic N) is 2. The van der Waals surface area contributed by atoms with Crippen molar-refractivity contribution in [1.29, 1.82) is 0 Å². The van der Waals surface area contributed by atoms with Crippen molar-refractivity contribution in [3.05, 3.63) is 34.3 Å². The molecule has 21 heavy (non-hydrogen) atoms. The van der Waals surface area contributed by atoms with Gasteiger partial charge in [0.05, 0.1) is 0 Å². The molecule has 1 amide bonds. The van der Waals surface area contributed by atoms with Crippen LogP contribution in [0.15, 0.2) is 18.2 Å². The van der Waals surface area contributed by atoms with Crippen molar-refractivity contribution in [2.24, 2.45) is 0 Å². The van der Waals surface area contributed by atoms with E-state index in [9.17, 15) is 4.79 Å². The first-order chi connectivity index (χ1) is 10.0. The molecule has 5 nitrogen and oxygen atoms in total. The molecule has 0 bridgehead atoms. The molecule has 6 heteroatoms. The zero-order valence-corrected chi connectivity index (χ0v) is 13.5. The number of carbonyl (C=O) groups is 1. The summed E-state index contributed by atoms with van der Waals surface area (Å²) in [4.78, 5) is 12.3. The van der Waals surface area contributed by atoms with Crippen LogP contribution in [0.1, 0.15) is 29.5 Å². The Kier molecular flexibility index (Phi) is 4.90. The number of amides is 1. The summed E-state index contributed by atoms with van der Waals surface area (Å²) < 4.78 is 0. The number of hydrogen-bond donors (Lipinski definition) is 2. The Labute approximate surface area is 128 Å². The molecule has 0 radical (unpaired) electrons.